The van der Waals surface area contributed by atoms with Gasteiger partial charge in [-0.15, -0.1) is 12.4 Å². The molecule has 0 aliphatic rings. The zero-order chi connectivity index (χ0) is 17.2. The van der Waals surface area contributed by atoms with E-state index in [9.17, 15) is 4.79 Å². The van der Waals surface area contributed by atoms with E-state index in [4.69, 9.17) is 9.47 Å². The predicted molar refractivity (Wildman–Crippen MR) is 106 cm³/mol. The molecule has 0 heterocycles. The van der Waals surface area contributed by atoms with E-state index in [0.29, 0.717) is 25.4 Å². The average molecular weight is 430 g/mol. The molecule has 136 valence electrons. The van der Waals surface area contributed by atoms with Crippen molar-refractivity contribution in [2.75, 3.05) is 32.1 Å². The van der Waals surface area contributed by atoms with Crippen molar-refractivity contribution in [3.63, 3.8) is 0 Å². The van der Waals surface area contributed by atoms with E-state index in [2.05, 4.69) is 26.6 Å². The topological polar surface area (TPSA) is 59.6 Å². The van der Waals surface area contributed by atoms with Gasteiger partial charge in [0.2, 0.25) is 5.91 Å². The fraction of sp³-hybridized carbons (Fsp3) is 0.278. The van der Waals surface area contributed by atoms with Gasteiger partial charge in [-0.3, -0.25) is 4.79 Å². The highest BCUT2D eigenvalue weighted by molar-refractivity contribution is 9.10. The molecule has 0 aromatic heterocycles. The van der Waals surface area contributed by atoms with Crippen molar-refractivity contribution in [3.05, 3.63) is 58.6 Å². The molecule has 0 spiro atoms. The Morgan fingerprint density at radius 1 is 1.16 bits per heavy atom. The summed E-state index contributed by atoms with van der Waals surface area (Å²) >= 11 is 3.48. The number of carbonyl (C=O) groups excluding carboxylic acids is 1. The standard InChI is InChI=1S/C18H21BrN2O3.ClH/c1-23-10-9-20-12-18(22)21-15-7-8-17(16(19)11-15)24-13-14-5-3-2-4-6-14;/h2-8,11,20H,9-10,12-13H2,1H3,(H,21,22);1H. The molecule has 0 unspecified atom stereocenters. The molecule has 7 heteroatoms. The molecule has 25 heavy (non-hydrogen) atoms. The first-order chi connectivity index (χ1) is 11.7. The number of halogens is 2. The Hall–Kier alpha value is -1.60. The first-order valence-corrected chi connectivity index (χ1v) is 8.44. The van der Waals surface area contributed by atoms with Crippen LogP contribution in [-0.4, -0.2) is 32.7 Å². The van der Waals surface area contributed by atoms with E-state index < -0.39 is 0 Å². The summed E-state index contributed by atoms with van der Waals surface area (Å²) in [7, 11) is 1.63. The third kappa shape index (κ3) is 7.88. The van der Waals surface area contributed by atoms with Gasteiger partial charge in [0.25, 0.3) is 0 Å². The lowest BCUT2D eigenvalue weighted by atomic mass is 10.2. The van der Waals surface area contributed by atoms with E-state index in [1.807, 2.05) is 48.5 Å². The van der Waals surface area contributed by atoms with Crippen LogP contribution < -0.4 is 15.4 Å². The van der Waals surface area contributed by atoms with Gasteiger partial charge in [0.05, 0.1) is 17.6 Å². The molecule has 2 N–H and O–H groups in total. The molecule has 2 aromatic carbocycles. The highest BCUT2D eigenvalue weighted by Crippen LogP contribution is 2.28. The molecule has 0 aliphatic carbocycles. The van der Waals surface area contributed by atoms with Crippen LogP contribution in [0, 0.1) is 0 Å². The zero-order valence-corrected chi connectivity index (χ0v) is 16.4. The highest BCUT2D eigenvalue weighted by atomic mass is 79.9. The number of methoxy groups -OCH3 is 1. The van der Waals surface area contributed by atoms with Crippen LogP contribution in [0.15, 0.2) is 53.0 Å². The largest absolute Gasteiger partial charge is 0.488 e. The van der Waals surface area contributed by atoms with E-state index in [1.165, 1.54) is 0 Å². The van der Waals surface area contributed by atoms with Gasteiger partial charge in [-0.2, -0.15) is 0 Å². The van der Waals surface area contributed by atoms with Crippen molar-refractivity contribution in [3.8, 4) is 5.75 Å². The molecular formula is C18H22BrClN2O3. The number of benzene rings is 2. The molecule has 0 aliphatic heterocycles. The van der Waals surface area contributed by atoms with Crippen LogP contribution >= 0.6 is 28.3 Å². The number of nitrogens with one attached hydrogen (secondary N) is 2. The summed E-state index contributed by atoms with van der Waals surface area (Å²) in [5.74, 6) is 0.631. The third-order valence-electron chi connectivity index (χ3n) is 3.22. The third-order valence-corrected chi connectivity index (χ3v) is 3.84. The Kier molecular flexibility index (Phi) is 10.2. The van der Waals surface area contributed by atoms with Crippen LogP contribution in [0.2, 0.25) is 0 Å². The number of hydrogen-bond acceptors (Lipinski definition) is 4. The van der Waals surface area contributed by atoms with E-state index in [0.717, 1.165) is 15.8 Å². The second kappa shape index (κ2) is 11.9. The lowest BCUT2D eigenvalue weighted by molar-refractivity contribution is -0.115. The molecule has 2 aromatic rings. The molecule has 2 rings (SSSR count). The summed E-state index contributed by atoms with van der Waals surface area (Å²) in [5.41, 5.74) is 1.82. The quantitative estimate of drug-likeness (QED) is 0.598. The van der Waals surface area contributed by atoms with Crippen LogP contribution in [0.25, 0.3) is 0 Å². The average Bonchev–Trinajstić information content (AvgIpc) is 2.59. The Morgan fingerprint density at radius 3 is 2.60 bits per heavy atom. The van der Waals surface area contributed by atoms with Crippen molar-refractivity contribution < 1.29 is 14.3 Å². The summed E-state index contributed by atoms with van der Waals surface area (Å²) in [4.78, 5) is 11.8. The van der Waals surface area contributed by atoms with Gasteiger partial charge in [0, 0.05) is 19.3 Å². The maximum absolute atomic E-state index is 11.8. The SMILES string of the molecule is COCCNCC(=O)Nc1ccc(OCc2ccccc2)c(Br)c1.Cl. The fourth-order valence-corrected chi connectivity index (χ4v) is 2.51. The summed E-state index contributed by atoms with van der Waals surface area (Å²) in [6.45, 7) is 1.95. The van der Waals surface area contributed by atoms with Crippen molar-refractivity contribution in [2.45, 2.75) is 6.61 Å². The highest BCUT2D eigenvalue weighted by Gasteiger charge is 2.06. The van der Waals surface area contributed by atoms with Gasteiger partial charge >= 0.3 is 0 Å². The molecule has 0 atom stereocenters. The number of hydrogen-bond donors (Lipinski definition) is 2. The molecule has 0 fully saturated rings. The second-order valence-electron chi connectivity index (χ2n) is 5.14. The molecule has 0 bridgehead atoms. The van der Waals surface area contributed by atoms with Crippen molar-refractivity contribution in [2.24, 2.45) is 0 Å². The minimum atomic E-state index is -0.101. The minimum absolute atomic E-state index is 0. The maximum atomic E-state index is 11.8. The molecule has 1 amide bonds. The van der Waals surface area contributed by atoms with Gasteiger partial charge in [-0.25, -0.2) is 0 Å². The Morgan fingerprint density at radius 2 is 1.92 bits per heavy atom. The summed E-state index contributed by atoms with van der Waals surface area (Å²) in [6, 6.07) is 15.4. The van der Waals surface area contributed by atoms with Crippen LogP contribution in [0.5, 0.6) is 5.75 Å². The lowest BCUT2D eigenvalue weighted by Gasteiger charge is -2.11. The fourth-order valence-electron chi connectivity index (χ4n) is 2.01. The van der Waals surface area contributed by atoms with E-state index in [-0.39, 0.29) is 24.9 Å². The normalized spacial score (nSPS) is 10.0. The molecule has 5 nitrogen and oxygen atoms in total. The Labute approximate surface area is 162 Å². The number of anilines is 1. The van der Waals surface area contributed by atoms with Gasteiger partial charge in [-0.05, 0) is 39.7 Å². The van der Waals surface area contributed by atoms with E-state index >= 15 is 0 Å². The smallest absolute Gasteiger partial charge is 0.238 e. The predicted octanol–water partition coefficient (Wildman–Crippen LogP) is 3.62. The monoisotopic (exact) mass is 428 g/mol. The van der Waals surface area contributed by atoms with Crippen molar-refractivity contribution in [1.29, 1.82) is 0 Å². The van der Waals surface area contributed by atoms with Gasteiger partial charge < -0.3 is 20.1 Å². The first-order valence-electron chi connectivity index (χ1n) is 7.65. The van der Waals surface area contributed by atoms with Gasteiger partial charge in [0.15, 0.2) is 0 Å². The summed E-state index contributed by atoms with van der Waals surface area (Å²) in [5, 5.41) is 5.83. The maximum Gasteiger partial charge on any atom is 0.238 e. The van der Waals surface area contributed by atoms with Gasteiger partial charge in [-0.1, -0.05) is 30.3 Å². The van der Waals surface area contributed by atoms with E-state index in [1.54, 1.807) is 7.11 Å². The first kappa shape index (κ1) is 21.4. The second-order valence-corrected chi connectivity index (χ2v) is 5.99. The number of rotatable bonds is 9. The molecule has 0 saturated carbocycles. The van der Waals surface area contributed by atoms with Crippen LogP contribution in [0.1, 0.15) is 5.56 Å². The summed E-state index contributed by atoms with van der Waals surface area (Å²) < 4.78 is 11.5. The Bertz CT molecular complexity index is 656. The van der Waals surface area contributed by atoms with Gasteiger partial charge in [0.1, 0.15) is 12.4 Å². The number of amides is 1. The van der Waals surface area contributed by atoms with Crippen LogP contribution in [0.3, 0.4) is 0 Å². The lowest BCUT2D eigenvalue weighted by Crippen LogP contribution is -2.30. The summed E-state index contributed by atoms with van der Waals surface area (Å²) in [6.07, 6.45) is 0. The minimum Gasteiger partial charge on any atom is -0.488 e. The Balaban J connectivity index is 0.00000312. The number of ether oxygens (including phenoxy) is 2. The van der Waals surface area contributed by atoms with Crippen molar-refractivity contribution in [1.82, 2.24) is 5.32 Å². The molecule has 0 radical (unpaired) electrons. The molecule has 0 saturated heterocycles. The van der Waals surface area contributed by atoms with Crippen LogP contribution in [0.4, 0.5) is 5.69 Å². The zero-order valence-electron chi connectivity index (χ0n) is 14.0. The molecular weight excluding hydrogens is 408 g/mol. The number of carbonyl (C=O) groups is 1. The van der Waals surface area contributed by atoms with Crippen molar-refractivity contribution >= 4 is 39.9 Å². The van der Waals surface area contributed by atoms with Crippen LogP contribution in [-0.2, 0) is 16.1 Å².